The molecule has 0 aliphatic carbocycles. The summed E-state index contributed by atoms with van der Waals surface area (Å²) in [5, 5.41) is 0.794. The number of hydrogen-bond donors (Lipinski definition) is 0. The Hall–Kier alpha value is -0.0100. The van der Waals surface area contributed by atoms with Crippen LogP contribution in [0.5, 0.6) is 0 Å². The predicted molar refractivity (Wildman–Crippen MR) is 58.0 cm³/mol. The van der Waals surface area contributed by atoms with Crippen LogP contribution in [-0.4, -0.2) is 0 Å². The molecule has 1 aromatic rings. The average Bonchev–Trinajstić information content (AvgIpc) is 2.04. The van der Waals surface area contributed by atoms with Gasteiger partial charge in [0.2, 0.25) is 0 Å². The fourth-order valence-corrected chi connectivity index (χ4v) is 1.46. The number of rotatable bonds is 2. The Bertz CT molecular complexity index is 241. The highest BCUT2D eigenvalue weighted by Crippen LogP contribution is 2.30. The molecule has 1 unspecified atom stereocenters. The first-order valence-corrected chi connectivity index (χ1v) is 5.30. The molecule has 0 N–H and O–H groups in total. The normalized spacial score (nSPS) is 13.4. The van der Waals surface area contributed by atoms with Crippen LogP contribution < -0.4 is 0 Å². The lowest BCUT2D eigenvalue weighted by molar-refractivity contribution is 0.641. The zero-order chi connectivity index (χ0) is 9.14. The summed E-state index contributed by atoms with van der Waals surface area (Å²) in [7, 11) is 0. The highest BCUT2D eigenvalue weighted by molar-refractivity contribution is 9.09. The molecule has 2 heteroatoms. The summed E-state index contributed by atoms with van der Waals surface area (Å²) in [5.41, 5.74) is 1.29. The van der Waals surface area contributed by atoms with Crippen molar-refractivity contribution in [3.05, 3.63) is 34.9 Å². The van der Waals surface area contributed by atoms with E-state index in [2.05, 4.69) is 41.9 Å². The molecule has 0 bridgehead atoms. The van der Waals surface area contributed by atoms with Gasteiger partial charge >= 0.3 is 0 Å². The molecule has 66 valence electrons. The van der Waals surface area contributed by atoms with Crippen molar-refractivity contribution in [2.75, 3.05) is 0 Å². The second kappa shape index (κ2) is 4.29. The summed E-state index contributed by atoms with van der Waals surface area (Å²) in [5.74, 6) is 0.603. The maximum absolute atomic E-state index is 5.78. The van der Waals surface area contributed by atoms with Crippen molar-refractivity contribution in [1.29, 1.82) is 0 Å². The van der Waals surface area contributed by atoms with Gasteiger partial charge in [0.1, 0.15) is 0 Å². The van der Waals surface area contributed by atoms with Crippen LogP contribution in [0.25, 0.3) is 0 Å². The summed E-state index contributed by atoms with van der Waals surface area (Å²) < 4.78 is 0. The summed E-state index contributed by atoms with van der Waals surface area (Å²) >= 11 is 9.41. The summed E-state index contributed by atoms with van der Waals surface area (Å²) in [6.45, 7) is 4.38. The Morgan fingerprint density at radius 2 is 1.67 bits per heavy atom. The zero-order valence-corrected chi connectivity index (χ0v) is 9.56. The van der Waals surface area contributed by atoms with E-state index in [9.17, 15) is 0 Å². The van der Waals surface area contributed by atoms with Gasteiger partial charge in [-0.25, -0.2) is 0 Å². The fourth-order valence-electron chi connectivity index (χ4n) is 1.03. The third-order valence-corrected chi connectivity index (χ3v) is 3.61. The van der Waals surface area contributed by atoms with E-state index in [1.165, 1.54) is 5.56 Å². The van der Waals surface area contributed by atoms with Gasteiger partial charge in [-0.2, -0.15) is 0 Å². The van der Waals surface area contributed by atoms with Crippen molar-refractivity contribution in [2.45, 2.75) is 18.7 Å². The lowest BCUT2D eigenvalue weighted by Crippen LogP contribution is -1.97. The van der Waals surface area contributed by atoms with Crippen LogP contribution in [0.3, 0.4) is 0 Å². The van der Waals surface area contributed by atoms with Crippen molar-refractivity contribution in [3.63, 3.8) is 0 Å². The zero-order valence-electron chi connectivity index (χ0n) is 7.22. The van der Waals surface area contributed by atoms with E-state index in [0.717, 1.165) is 5.02 Å². The fraction of sp³-hybridized carbons (Fsp3) is 0.400. The second-order valence-electron chi connectivity index (χ2n) is 3.20. The highest BCUT2D eigenvalue weighted by atomic mass is 79.9. The molecule has 0 spiro atoms. The van der Waals surface area contributed by atoms with E-state index in [1.54, 1.807) is 0 Å². The van der Waals surface area contributed by atoms with Gasteiger partial charge in [0.15, 0.2) is 0 Å². The van der Waals surface area contributed by atoms with E-state index in [4.69, 9.17) is 11.6 Å². The van der Waals surface area contributed by atoms with Gasteiger partial charge in [-0.1, -0.05) is 53.5 Å². The summed E-state index contributed by atoms with van der Waals surface area (Å²) in [6, 6.07) is 7.96. The minimum Gasteiger partial charge on any atom is -0.0843 e. The van der Waals surface area contributed by atoms with E-state index < -0.39 is 0 Å². The molecule has 0 radical (unpaired) electrons. The Balaban J connectivity index is 2.82. The van der Waals surface area contributed by atoms with Crippen LogP contribution in [0.15, 0.2) is 24.3 Å². The minimum atomic E-state index is 0.426. The minimum absolute atomic E-state index is 0.426. The third-order valence-electron chi connectivity index (χ3n) is 1.77. The van der Waals surface area contributed by atoms with E-state index >= 15 is 0 Å². The molecule has 0 nitrogen and oxygen atoms in total. The first-order chi connectivity index (χ1) is 5.61. The van der Waals surface area contributed by atoms with Crippen molar-refractivity contribution < 1.29 is 0 Å². The van der Waals surface area contributed by atoms with Gasteiger partial charge in [0, 0.05) is 9.85 Å². The van der Waals surface area contributed by atoms with Gasteiger partial charge in [-0.3, -0.25) is 0 Å². The topological polar surface area (TPSA) is 0 Å². The van der Waals surface area contributed by atoms with Crippen molar-refractivity contribution in [3.8, 4) is 0 Å². The second-order valence-corrected chi connectivity index (χ2v) is 4.62. The lowest BCUT2D eigenvalue weighted by Gasteiger charge is -2.13. The molecule has 0 saturated heterocycles. The SMILES string of the molecule is CC(C)C(Br)c1ccc(Cl)cc1. The van der Waals surface area contributed by atoms with Crippen molar-refractivity contribution in [1.82, 2.24) is 0 Å². The van der Waals surface area contributed by atoms with E-state index in [1.807, 2.05) is 12.1 Å². The Morgan fingerprint density at radius 3 is 2.08 bits per heavy atom. The lowest BCUT2D eigenvalue weighted by atomic mass is 10.0. The molecule has 1 rings (SSSR count). The Morgan fingerprint density at radius 1 is 1.17 bits per heavy atom. The maximum Gasteiger partial charge on any atom is 0.0418 e. The van der Waals surface area contributed by atoms with Gasteiger partial charge in [0.05, 0.1) is 0 Å². The van der Waals surface area contributed by atoms with Gasteiger partial charge in [-0.15, -0.1) is 0 Å². The van der Waals surface area contributed by atoms with Crippen LogP contribution in [0, 0.1) is 5.92 Å². The van der Waals surface area contributed by atoms with Crippen LogP contribution in [-0.2, 0) is 0 Å². The van der Waals surface area contributed by atoms with Crippen LogP contribution in [0.2, 0.25) is 5.02 Å². The first kappa shape index (κ1) is 10.1. The molecule has 0 amide bonds. The molecular formula is C10H12BrCl. The molecule has 0 aliphatic heterocycles. The van der Waals surface area contributed by atoms with Crippen molar-refractivity contribution in [2.24, 2.45) is 5.92 Å². The third kappa shape index (κ3) is 2.49. The molecule has 0 fully saturated rings. The molecule has 0 saturated carbocycles. The molecule has 12 heavy (non-hydrogen) atoms. The van der Waals surface area contributed by atoms with Gasteiger partial charge < -0.3 is 0 Å². The first-order valence-electron chi connectivity index (χ1n) is 4.01. The Kier molecular flexibility index (Phi) is 3.60. The molecular weight excluding hydrogens is 235 g/mol. The number of halogens is 2. The Labute approximate surface area is 87.1 Å². The number of hydrogen-bond acceptors (Lipinski definition) is 0. The standard InChI is InChI=1S/C10H12BrCl/c1-7(2)10(11)8-3-5-9(12)6-4-8/h3-7,10H,1-2H3. The highest BCUT2D eigenvalue weighted by Gasteiger charge is 2.10. The summed E-state index contributed by atoms with van der Waals surface area (Å²) in [6.07, 6.45) is 0. The number of benzene rings is 1. The molecule has 0 aromatic heterocycles. The van der Waals surface area contributed by atoms with E-state index in [0.29, 0.717) is 10.7 Å². The van der Waals surface area contributed by atoms with Gasteiger partial charge in [-0.05, 0) is 23.6 Å². The van der Waals surface area contributed by atoms with Crippen molar-refractivity contribution >= 4 is 27.5 Å². The predicted octanol–water partition coefficient (Wildman–Crippen LogP) is 4.43. The quantitative estimate of drug-likeness (QED) is 0.678. The average molecular weight is 248 g/mol. The molecule has 1 atom stereocenters. The van der Waals surface area contributed by atoms with Gasteiger partial charge in [0.25, 0.3) is 0 Å². The molecule has 0 aliphatic rings. The molecule has 1 aromatic carbocycles. The monoisotopic (exact) mass is 246 g/mol. The van der Waals surface area contributed by atoms with Crippen LogP contribution in [0.1, 0.15) is 24.2 Å². The smallest absolute Gasteiger partial charge is 0.0418 e. The van der Waals surface area contributed by atoms with E-state index in [-0.39, 0.29) is 0 Å². The maximum atomic E-state index is 5.78. The van der Waals surface area contributed by atoms with Crippen LogP contribution >= 0.6 is 27.5 Å². The molecule has 0 heterocycles. The summed E-state index contributed by atoms with van der Waals surface area (Å²) in [4.78, 5) is 0.426. The van der Waals surface area contributed by atoms with Crippen LogP contribution in [0.4, 0.5) is 0 Å². The largest absolute Gasteiger partial charge is 0.0843 e. The number of alkyl halides is 1.